The van der Waals surface area contributed by atoms with Gasteiger partial charge in [-0.1, -0.05) is 6.58 Å². The Labute approximate surface area is 159 Å². The maximum absolute atomic E-state index is 11.6. The Kier molecular flexibility index (Phi) is 11.8. The Bertz CT molecular complexity index is 538. The molecule has 0 aromatic carbocycles. The van der Waals surface area contributed by atoms with Crippen molar-refractivity contribution in [1.82, 2.24) is 15.5 Å². The lowest BCUT2D eigenvalue weighted by Gasteiger charge is -2.14. The lowest BCUT2D eigenvalue weighted by atomic mass is 10.3. The molecule has 1 saturated heterocycles. The summed E-state index contributed by atoms with van der Waals surface area (Å²) in [5.41, 5.74) is -0.0310. The standard InChI is InChI=1S/C9H11NO3S.C8H18N2O2/c1-5(6(2)11)10-8(12)4-7(14-3)9(10)13;1-4-12-7(2)8(11)10-6-5-9-3/h7H,1,4H2,2-3H3;7,9H,4-6H2,1-3H3,(H,10,11). The van der Waals surface area contributed by atoms with Gasteiger partial charge in [0.05, 0.1) is 10.9 Å². The summed E-state index contributed by atoms with van der Waals surface area (Å²) in [6.45, 7) is 10.3. The van der Waals surface area contributed by atoms with E-state index in [4.69, 9.17) is 4.74 Å². The Morgan fingerprint density at radius 1 is 1.38 bits per heavy atom. The van der Waals surface area contributed by atoms with Crippen LogP contribution < -0.4 is 10.6 Å². The minimum absolute atomic E-state index is 0.0310. The van der Waals surface area contributed by atoms with E-state index in [9.17, 15) is 19.2 Å². The Balaban J connectivity index is 0.000000488. The van der Waals surface area contributed by atoms with Crippen LogP contribution in [0.25, 0.3) is 0 Å². The normalized spacial score (nSPS) is 17.4. The lowest BCUT2D eigenvalue weighted by Crippen LogP contribution is -2.37. The summed E-state index contributed by atoms with van der Waals surface area (Å²) >= 11 is 1.31. The molecule has 148 valence electrons. The van der Waals surface area contributed by atoms with Gasteiger partial charge in [-0.2, -0.15) is 11.8 Å². The highest BCUT2D eigenvalue weighted by molar-refractivity contribution is 8.00. The Hall–Kier alpha value is -1.71. The summed E-state index contributed by atoms with van der Waals surface area (Å²) in [5, 5.41) is 5.32. The molecule has 3 amide bonds. The molecule has 0 spiro atoms. The van der Waals surface area contributed by atoms with Crippen LogP contribution in [0.15, 0.2) is 12.3 Å². The molecule has 1 fully saturated rings. The van der Waals surface area contributed by atoms with Crippen molar-refractivity contribution in [2.24, 2.45) is 0 Å². The monoisotopic (exact) mass is 387 g/mol. The number of amides is 3. The molecule has 2 unspecified atom stereocenters. The van der Waals surface area contributed by atoms with Crippen molar-refractivity contribution >= 4 is 35.3 Å². The number of Topliss-reactive ketones (excluding diaryl/α,β-unsaturated/α-hetero) is 1. The topological polar surface area (TPSA) is 105 Å². The van der Waals surface area contributed by atoms with Gasteiger partial charge < -0.3 is 15.4 Å². The maximum Gasteiger partial charge on any atom is 0.248 e. The second-order valence-corrected chi connectivity index (χ2v) is 6.53. The number of carbonyl (C=O) groups excluding carboxylic acids is 4. The number of ketones is 1. The first-order valence-corrected chi connectivity index (χ1v) is 9.63. The van der Waals surface area contributed by atoms with Gasteiger partial charge in [0.25, 0.3) is 0 Å². The average molecular weight is 388 g/mol. The number of ether oxygens (including phenoxy) is 1. The second kappa shape index (κ2) is 12.6. The Morgan fingerprint density at radius 2 is 2.00 bits per heavy atom. The summed E-state index contributed by atoms with van der Waals surface area (Å²) in [7, 11) is 1.85. The molecule has 0 aliphatic carbocycles. The zero-order chi connectivity index (χ0) is 20.3. The van der Waals surface area contributed by atoms with Crippen molar-refractivity contribution in [3.63, 3.8) is 0 Å². The molecule has 9 heteroatoms. The number of allylic oxidation sites excluding steroid dienone is 1. The Morgan fingerprint density at radius 3 is 2.42 bits per heavy atom. The van der Waals surface area contributed by atoms with Gasteiger partial charge in [-0.05, 0) is 27.2 Å². The van der Waals surface area contributed by atoms with Crippen molar-refractivity contribution in [3.8, 4) is 0 Å². The molecule has 26 heavy (non-hydrogen) atoms. The number of imide groups is 1. The fourth-order valence-corrected chi connectivity index (χ4v) is 2.63. The molecule has 1 aliphatic rings. The number of hydrogen-bond acceptors (Lipinski definition) is 7. The predicted octanol–water partition coefficient (Wildman–Crippen LogP) is 0.327. The van der Waals surface area contributed by atoms with Gasteiger partial charge in [-0.25, -0.2) is 4.90 Å². The van der Waals surface area contributed by atoms with Gasteiger partial charge in [0.15, 0.2) is 5.78 Å². The molecule has 2 atom stereocenters. The van der Waals surface area contributed by atoms with E-state index in [1.165, 1.54) is 18.7 Å². The van der Waals surface area contributed by atoms with E-state index in [2.05, 4.69) is 17.2 Å². The van der Waals surface area contributed by atoms with Gasteiger partial charge in [0, 0.05) is 33.0 Å². The number of carbonyl (C=O) groups is 4. The molecule has 0 saturated carbocycles. The van der Waals surface area contributed by atoms with Gasteiger partial charge in [-0.3, -0.25) is 19.2 Å². The number of likely N-dealkylation sites (tertiary alicyclic amines) is 1. The molecule has 1 heterocycles. The van der Waals surface area contributed by atoms with Crippen LogP contribution in [0, 0.1) is 0 Å². The second-order valence-electron chi connectivity index (χ2n) is 5.49. The number of nitrogens with zero attached hydrogens (tertiary/aromatic N) is 1. The molecule has 2 N–H and O–H groups in total. The number of likely N-dealkylation sites (N-methyl/N-ethyl adjacent to an activating group) is 1. The zero-order valence-corrected chi connectivity index (χ0v) is 16.9. The van der Waals surface area contributed by atoms with Gasteiger partial charge in [0.1, 0.15) is 6.10 Å². The summed E-state index contributed by atoms with van der Waals surface area (Å²) in [5.74, 6) is -1.07. The number of rotatable bonds is 9. The predicted molar refractivity (Wildman–Crippen MR) is 102 cm³/mol. The van der Waals surface area contributed by atoms with Crippen LogP contribution >= 0.6 is 11.8 Å². The quantitative estimate of drug-likeness (QED) is 0.334. The fraction of sp³-hybridized carbons (Fsp3) is 0.647. The molecule has 0 aromatic heterocycles. The number of hydrogen-bond donors (Lipinski definition) is 2. The highest BCUT2D eigenvalue weighted by Crippen LogP contribution is 2.25. The van der Waals surface area contributed by atoms with E-state index < -0.39 is 0 Å². The van der Waals surface area contributed by atoms with Crippen LogP contribution in [0.2, 0.25) is 0 Å². The summed E-state index contributed by atoms with van der Waals surface area (Å²) in [6.07, 6.45) is 1.58. The lowest BCUT2D eigenvalue weighted by molar-refractivity contribution is -0.138. The third-order valence-corrected chi connectivity index (χ3v) is 4.46. The van der Waals surface area contributed by atoms with E-state index >= 15 is 0 Å². The third kappa shape index (κ3) is 7.67. The van der Waals surface area contributed by atoms with Crippen molar-refractivity contribution in [1.29, 1.82) is 0 Å². The van der Waals surface area contributed by atoms with E-state index in [1.807, 2.05) is 14.0 Å². The fourth-order valence-electron chi connectivity index (χ4n) is 2.01. The highest BCUT2D eigenvalue weighted by atomic mass is 32.2. The first-order valence-electron chi connectivity index (χ1n) is 8.34. The average Bonchev–Trinajstić information content (AvgIpc) is 2.88. The SMILES string of the molecule is C=C(C(C)=O)N1C(=O)CC(SC)C1=O.CCOC(C)C(=O)NCCNC. The molecule has 1 aliphatic heterocycles. The number of thioether (sulfide) groups is 1. The van der Waals surface area contributed by atoms with Gasteiger partial charge in [0.2, 0.25) is 17.7 Å². The van der Waals surface area contributed by atoms with Crippen molar-refractivity contribution in [3.05, 3.63) is 12.3 Å². The third-order valence-electron chi connectivity index (χ3n) is 3.53. The van der Waals surface area contributed by atoms with Crippen LogP contribution in [0.4, 0.5) is 0 Å². The zero-order valence-electron chi connectivity index (χ0n) is 16.1. The van der Waals surface area contributed by atoms with Crippen LogP contribution in [0.3, 0.4) is 0 Å². The van der Waals surface area contributed by atoms with E-state index in [1.54, 1.807) is 13.2 Å². The van der Waals surface area contributed by atoms with Crippen molar-refractivity contribution < 1.29 is 23.9 Å². The molecule has 1 rings (SSSR count). The van der Waals surface area contributed by atoms with Crippen LogP contribution in [0.1, 0.15) is 27.2 Å². The largest absolute Gasteiger partial charge is 0.369 e. The molecular formula is C17H29N3O5S. The molecule has 0 radical (unpaired) electrons. The van der Waals surface area contributed by atoms with E-state index in [0.717, 1.165) is 11.4 Å². The molecule has 0 aromatic rings. The van der Waals surface area contributed by atoms with Crippen molar-refractivity contribution in [2.75, 3.05) is 33.0 Å². The highest BCUT2D eigenvalue weighted by Gasteiger charge is 2.40. The molecule has 8 nitrogen and oxygen atoms in total. The smallest absolute Gasteiger partial charge is 0.248 e. The van der Waals surface area contributed by atoms with Crippen LogP contribution in [0.5, 0.6) is 0 Å². The summed E-state index contributed by atoms with van der Waals surface area (Å²) in [6, 6.07) is 0. The van der Waals surface area contributed by atoms with Gasteiger partial charge >= 0.3 is 0 Å². The molecular weight excluding hydrogens is 358 g/mol. The molecule has 0 bridgehead atoms. The first kappa shape index (κ1) is 24.3. The number of nitrogens with one attached hydrogen (secondary N) is 2. The van der Waals surface area contributed by atoms with Crippen LogP contribution in [-0.4, -0.2) is 72.8 Å². The maximum atomic E-state index is 11.6. The van der Waals surface area contributed by atoms with E-state index in [-0.39, 0.29) is 47.0 Å². The van der Waals surface area contributed by atoms with E-state index in [0.29, 0.717) is 13.2 Å². The van der Waals surface area contributed by atoms with Gasteiger partial charge in [-0.15, -0.1) is 0 Å². The first-order chi connectivity index (χ1) is 12.2. The summed E-state index contributed by atoms with van der Waals surface area (Å²) in [4.78, 5) is 45.9. The minimum Gasteiger partial charge on any atom is -0.369 e. The van der Waals surface area contributed by atoms with Crippen LogP contribution in [-0.2, 0) is 23.9 Å². The van der Waals surface area contributed by atoms with Crippen molar-refractivity contribution in [2.45, 2.75) is 38.5 Å². The summed E-state index contributed by atoms with van der Waals surface area (Å²) < 4.78 is 5.10. The minimum atomic E-state index is -0.362.